The molecule has 4 nitrogen and oxygen atoms in total. The minimum atomic E-state index is 0.0683. The summed E-state index contributed by atoms with van der Waals surface area (Å²) in [6.45, 7) is 9.96. The molecular formula is C24H29N3O. The van der Waals surface area contributed by atoms with Crippen LogP contribution >= 0.6 is 0 Å². The van der Waals surface area contributed by atoms with Gasteiger partial charge in [-0.1, -0.05) is 57.2 Å². The lowest BCUT2D eigenvalue weighted by molar-refractivity contribution is -0.129. The van der Waals surface area contributed by atoms with E-state index in [0.29, 0.717) is 0 Å². The number of para-hydroxylation sites is 2. The first-order chi connectivity index (χ1) is 13.3. The first-order valence-corrected chi connectivity index (χ1v) is 10.2. The van der Waals surface area contributed by atoms with Crippen molar-refractivity contribution in [1.82, 2.24) is 14.5 Å². The number of benzene rings is 2. The molecule has 146 valence electrons. The average molecular weight is 376 g/mol. The van der Waals surface area contributed by atoms with Gasteiger partial charge in [0, 0.05) is 20.0 Å². The van der Waals surface area contributed by atoms with Crippen LogP contribution in [0.4, 0.5) is 0 Å². The van der Waals surface area contributed by atoms with Crippen molar-refractivity contribution in [2.45, 2.75) is 58.5 Å². The van der Waals surface area contributed by atoms with Gasteiger partial charge in [0.2, 0.25) is 5.91 Å². The Kier molecular flexibility index (Phi) is 4.74. The second kappa shape index (κ2) is 7.08. The second-order valence-electron chi connectivity index (χ2n) is 8.86. The van der Waals surface area contributed by atoms with Gasteiger partial charge in [0.15, 0.2) is 0 Å². The number of likely N-dealkylation sites (tertiary alicyclic amines) is 1. The van der Waals surface area contributed by atoms with E-state index in [9.17, 15) is 4.79 Å². The molecule has 0 aliphatic carbocycles. The number of fused-ring (bicyclic) bond motifs is 1. The number of carbonyl (C=O) groups excluding carboxylic acids is 1. The maximum atomic E-state index is 12.1. The van der Waals surface area contributed by atoms with E-state index in [2.05, 4.69) is 67.8 Å². The molecule has 0 radical (unpaired) electrons. The number of nitrogens with zero attached hydrogens (tertiary/aromatic N) is 3. The van der Waals surface area contributed by atoms with E-state index >= 15 is 0 Å². The van der Waals surface area contributed by atoms with Gasteiger partial charge in [0.05, 0.1) is 17.1 Å². The van der Waals surface area contributed by atoms with Crippen molar-refractivity contribution in [3.05, 3.63) is 65.5 Å². The number of hydrogen-bond acceptors (Lipinski definition) is 2. The van der Waals surface area contributed by atoms with Crippen LogP contribution in [0, 0.1) is 0 Å². The molecule has 4 heteroatoms. The van der Waals surface area contributed by atoms with E-state index in [1.54, 1.807) is 6.92 Å². The van der Waals surface area contributed by atoms with Crippen LogP contribution in [0.2, 0.25) is 0 Å². The zero-order chi connectivity index (χ0) is 19.9. The average Bonchev–Trinajstić information content (AvgIpc) is 3.26. The highest BCUT2D eigenvalue weighted by Gasteiger charge is 2.32. The van der Waals surface area contributed by atoms with E-state index in [4.69, 9.17) is 4.98 Å². The normalized spacial score (nSPS) is 17.4. The van der Waals surface area contributed by atoms with Crippen molar-refractivity contribution in [3.63, 3.8) is 0 Å². The maximum Gasteiger partial charge on any atom is 0.220 e. The number of hydrogen-bond donors (Lipinski definition) is 0. The summed E-state index contributed by atoms with van der Waals surface area (Å²) in [4.78, 5) is 19.1. The Morgan fingerprint density at radius 2 is 1.82 bits per heavy atom. The molecule has 1 fully saturated rings. The summed E-state index contributed by atoms with van der Waals surface area (Å²) in [7, 11) is 0. The lowest BCUT2D eigenvalue weighted by atomic mass is 9.87. The maximum absolute atomic E-state index is 12.1. The van der Waals surface area contributed by atoms with Crippen LogP contribution in [0.1, 0.15) is 63.5 Å². The fourth-order valence-corrected chi connectivity index (χ4v) is 4.22. The predicted molar refractivity (Wildman–Crippen MR) is 113 cm³/mol. The van der Waals surface area contributed by atoms with Gasteiger partial charge in [-0.15, -0.1) is 0 Å². The summed E-state index contributed by atoms with van der Waals surface area (Å²) in [6.07, 6.45) is 2.01. The molecule has 1 atom stereocenters. The molecular weight excluding hydrogens is 346 g/mol. The smallest absolute Gasteiger partial charge is 0.220 e. The van der Waals surface area contributed by atoms with Crippen LogP contribution in [-0.4, -0.2) is 26.9 Å². The van der Waals surface area contributed by atoms with E-state index in [-0.39, 0.29) is 17.4 Å². The van der Waals surface area contributed by atoms with Crippen LogP contribution in [0.15, 0.2) is 48.5 Å². The monoisotopic (exact) mass is 375 g/mol. The summed E-state index contributed by atoms with van der Waals surface area (Å²) >= 11 is 0. The lowest BCUT2D eigenvalue weighted by Gasteiger charge is -2.24. The summed E-state index contributed by atoms with van der Waals surface area (Å²) in [5.41, 5.74) is 4.87. The highest BCUT2D eigenvalue weighted by molar-refractivity contribution is 5.77. The van der Waals surface area contributed by atoms with E-state index < -0.39 is 0 Å². The SMILES string of the molecule is CC(=O)N1CCCC1c1nc2ccccc2n1Cc1ccc(C(C)(C)C)cc1. The Bertz CT molecular complexity index is 995. The number of imidazole rings is 1. The van der Waals surface area contributed by atoms with Crippen LogP contribution < -0.4 is 0 Å². The summed E-state index contributed by atoms with van der Waals surface area (Å²) in [5, 5.41) is 0. The highest BCUT2D eigenvalue weighted by Crippen LogP contribution is 2.34. The summed E-state index contributed by atoms with van der Waals surface area (Å²) < 4.78 is 2.30. The predicted octanol–water partition coefficient (Wildman–Crippen LogP) is 5.07. The number of rotatable bonds is 3. The van der Waals surface area contributed by atoms with Crippen LogP contribution in [0.5, 0.6) is 0 Å². The molecule has 3 aromatic rings. The van der Waals surface area contributed by atoms with Crippen LogP contribution in [-0.2, 0) is 16.8 Å². The number of aromatic nitrogens is 2. The zero-order valence-corrected chi connectivity index (χ0v) is 17.3. The molecule has 1 aliphatic heterocycles. The molecule has 28 heavy (non-hydrogen) atoms. The van der Waals surface area contributed by atoms with Gasteiger partial charge < -0.3 is 9.47 Å². The minimum absolute atomic E-state index is 0.0683. The Morgan fingerprint density at radius 1 is 1.11 bits per heavy atom. The molecule has 0 bridgehead atoms. The fraction of sp³-hybridized carbons (Fsp3) is 0.417. The van der Waals surface area contributed by atoms with Gasteiger partial charge >= 0.3 is 0 Å². The zero-order valence-electron chi connectivity index (χ0n) is 17.3. The van der Waals surface area contributed by atoms with Gasteiger partial charge in [-0.2, -0.15) is 0 Å². The topological polar surface area (TPSA) is 38.1 Å². The van der Waals surface area contributed by atoms with Gasteiger partial charge in [-0.05, 0) is 41.5 Å². The van der Waals surface area contributed by atoms with E-state index in [1.807, 2.05) is 11.0 Å². The Labute approximate surface area is 167 Å². The third-order valence-corrected chi connectivity index (χ3v) is 5.80. The van der Waals surface area contributed by atoms with Crippen LogP contribution in [0.3, 0.4) is 0 Å². The molecule has 2 heterocycles. The van der Waals surface area contributed by atoms with E-state index in [0.717, 1.165) is 42.8 Å². The van der Waals surface area contributed by atoms with Crippen molar-refractivity contribution < 1.29 is 4.79 Å². The molecule has 1 aromatic heterocycles. The van der Waals surface area contributed by atoms with Crippen molar-refractivity contribution in [3.8, 4) is 0 Å². The Hall–Kier alpha value is -2.62. The van der Waals surface area contributed by atoms with Crippen molar-refractivity contribution in [1.29, 1.82) is 0 Å². The summed E-state index contributed by atoms with van der Waals surface area (Å²) in [6, 6.07) is 17.2. The molecule has 2 aromatic carbocycles. The molecule has 1 aliphatic rings. The molecule has 0 spiro atoms. The lowest BCUT2D eigenvalue weighted by Crippen LogP contribution is -2.30. The summed E-state index contributed by atoms with van der Waals surface area (Å²) in [5.74, 6) is 1.14. The molecule has 0 N–H and O–H groups in total. The number of amides is 1. The van der Waals surface area contributed by atoms with Gasteiger partial charge in [0.1, 0.15) is 5.82 Å². The third kappa shape index (κ3) is 3.44. The third-order valence-electron chi connectivity index (χ3n) is 5.80. The molecule has 1 amide bonds. The first kappa shape index (κ1) is 18.7. The number of carbonyl (C=O) groups is 1. The quantitative estimate of drug-likeness (QED) is 0.641. The highest BCUT2D eigenvalue weighted by atomic mass is 16.2. The largest absolute Gasteiger partial charge is 0.333 e. The van der Waals surface area contributed by atoms with Gasteiger partial charge in [-0.25, -0.2) is 4.98 Å². The Morgan fingerprint density at radius 3 is 2.50 bits per heavy atom. The second-order valence-corrected chi connectivity index (χ2v) is 8.86. The minimum Gasteiger partial charge on any atom is -0.333 e. The molecule has 4 rings (SSSR count). The van der Waals surface area contributed by atoms with E-state index in [1.165, 1.54) is 11.1 Å². The fourth-order valence-electron chi connectivity index (χ4n) is 4.22. The van der Waals surface area contributed by atoms with Gasteiger partial charge in [0.25, 0.3) is 0 Å². The van der Waals surface area contributed by atoms with Crippen molar-refractivity contribution in [2.75, 3.05) is 6.54 Å². The molecule has 1 saturated heterocycles. The first-order valence-electron chi connectivity index (χ1n) is 10.2. The van der Waals surface area contributed by atoms with Crippen molar-refractivity contribution in [2.24, 2.45) is 0 Å². The van der Waals surface area contributed by atoms with Crippen molar-refractivity contribution >= 4 is 16.9 Å². The molecule has 0 saturated carbocycles. The van der Waals surface area contributed by atoms with Crippen LogP contribution in [0.25, 0.3) is 11.0 Å². The molecule has 1 unspecified atom stereocenters. The van der Waals surface area contributed by atoms with Gasteiger partial charge in [-0.3, -0.25) is 4.79 Å². The standard InChI is InChI=1S/C24H29N3O/c1-17(28)26-15-7-10-22(26)23-25-20-8-5-6-9-21(20)27(23)16-18-11-13-19(14-12-18)24(2,3)4/h5-6,8-9,11-14,22H,7,10,15-16H2,1-4H3. The Balaban J connectivity index is 1.74.